The summed E-state index contributed by atoms with van der Waals surface area (Å²) in [7, 11) is 0. The van der Waals surface area contributed by atoms with Gasteiger partial charge in [-0.15, -0.1) is 0 Å². The van der Waals surface area contributed by atoms with E-state index in [1.807, 2.05) is 6.20 Å². The van der Waals surface area contributed by atoms with Crippen LogP contribution in [0.3, 0.4) is 0 Å². The minimum Gasteiger partial charge on any atom is -0.393 e. The van der Waals surface area contributed by atoms with E-state index < -0.39 is 0 Å². The van der Waals surface area contributed by atoms with Gasteiger partial charge in [0.1, 0.15) is 0 Å². The number of rotatable bonds is 3. The second kappa shape index (κ2) is 7.38. The van der Waals surface area contributed by atoms with Gasteiger partial charge in [0.25, 0.3) is 0 Å². The van der Waals surface area contributed by atoms with Crippen LogP contribution in [0.15, 0.2) is 6.20 Å². The smallest absolute Gasteiger partial charge is 0.225 e. The molecule has 0 spiro atoms. The summed E-state index contributed by atoms with van der Waals surface area (Å²) >= 11 is 0. The van der Waals surface area contributed by atoms with Gasteiger partial charge in [0.2, 0.25) is 11.9 Å². The average molecular weight is 373 g/mol. The Morgan fingerprint density at radius 2 is 1.93 bits per heavy atom. The van der Waals surface area contributed by atoms with Crippen LogP contribution in [0, 0.1) is 11.3 Å². The van der Waals surface area contributed by atoms with Crippen molar-refractivity contribution in [2.75, 3.05) is 18.0 Å². The molecule has 1 aromatic rings. The standard InChI is InChI=1S/C21H32N4O2/c1-21(2)11-17(23-19(27)14-5-3-4-6-14)16-13-22-20(24-18(16)12-21)25-9-7-15(26)8-10-25/h13-15,17,26H,3-12H2,1-2H3,(H,23,27). The van der Waals surface area contributed by atoms with Crippen LogP contribution in [-0.4, -0.2) is 40.2 Å². The van der Waals surface area contributed by atoms with Gasteiger partial charge in [0.05, 0.1) is 17.8 Å². The molecule has 2 fully saturated rings. The number of piperidine rings is 1. The van der Waals surface area contributed by atoms with Crippen molar-refractivity contribution in [3.05, 3.63) is 17.5 Å². The Balaban J connectivity index is 1.54. The third-order valence-corrected chi connectivity index (χ3v) is 6.46. The second-order valence-electron chi connectivity index (χ2n) is 9.38. The molecule has 6 nitrogen and oxygen atoms in total. The summed E-state index contributed by atoms with van der Waals surface area (Å²) < 4.78 is 0. The number of carbonyl (C=O) groups excluding carboxylic acids is 1. The maximum atomic E-state index is 12.7. The molecule has 3 aliphatic rings. The highest BCUT2D eigenvalue weighted by Gasteiger charge is 2.36. The van der Waals surface area contributed by atoms with Gasteiger partial charge in [-0.1, -0.05) is 26.7 Å². The van der Waals surface area contributed by atoms with Crippen LogP contribution in [0.5, 0.6) is 0 Å². The molecule has 1 aromatic heterocycles. The summed E-state index contributed by atoms with van der Waals surface area (Å²) in [6.07, 6.45) is 9.48. The van der Waals surface area contributed by atoms with E-state index in [9.17, 15) is 9.90 Å². The summed E-state index contributed by atoms with van der Waals surface area (Å²) in [4.78, 5) is 24.4. The number of aromatic nitrogens is 2. The molecule has 1 unspecified atom stereocenters. The van der Waals surface area contributed by atoms with E-state index in [0.29, 0.717) is 0 Å². The fourth-order valence-corrected chi connectivity index (χ4v) is 4.86. The molecular weight excluding hydrogens is 340 g/mol. The van der Waals surface area contributed by atoms with Crippen LogP contribution in [0.25, 0.3) is 0 Å². The molecule has 2 aliphatic carbocycles. The van der Waals surface area contributed by atoms with Gasteiger partial charge in [0.15, 0.2) is 0 Å². The van der Waals surface area contributed by atoms with Crippen molar-refractivity contribution in [1.82, 2.24) is 15.3 Å². The summed E-state index contributed by atoms with van der Waals surface area (Å²) in [6, 6.07) is 0.00841. The molecule has 2 N–H and O–H groups in total. The number of carbonyl (C=O) groups is 1. The molecule has 1 saturated heterocycles. The number of hydrogen-bond donors (Lipinski definition) is 2. The van der Waals surface area contributed by atoms with Crippen molar-refractivity contribution >= 4 is 11.9 Å². The first-order valence-corrected chi connectivity index (χ1v) is 10.5. The Morgan fingerprint density at radius 3 is 2.63 bits per heavy atom. The van der Waals surface area contributed by atoms with E-state index >= 15 is 0 Å². The van der Waals surface area contributed by atoms with Crippen molar-refractivity contribution in [2.45, 2.75) is 77.4 Å². The molecular formula is C21H32N4O2. The van der Waals surface area contributed by atoms with E-state index in [-0.39, 0.29) is 29.4 Å². The molecule has 0 aromatic carbocycles. The number of anilines is 1. The van der Waals surface area contributed by atoms with E-state index in [0.717, 1.165) is 68.8 Å². The first kappa shape index (κ1) is 18.7. The van der Waals surface area contributed by atoms with Crippen LogP contribution in [0.4, 0.5) is 5.95 Å². The lowest BCUT2D eigenvalue weighted by atomic mass is 9.74. The number of aliphatic hydroxyl groups excluding tert-OH is 1. The molecule has 148 valence electrons. The van der Waals surface area contributed by atoms with Crippen LogP contribution < -0.4 is 10.2 Å². The van der Waals surface area contributed by atoms with Crippen LogP contribution in [0.2, 0.25) is 0 Å². The van der Waals surface area contributed by atoms with E-state index in [1.165, 1.54) is 12.8 Å². The number of nitrogens with one attached hydrogen (secondary N) is 1. The van der Waals surface area contributed by atoms with Crippen molar-refractivity contribution in [2.24, 2.45) is 11.3 Å². The minimum atomic E-state index is -0.201. The third-order valence-electron chi connectivity index (χ3n) is 6.46. The quantitative estimate of drug-likeness (QED) is 0.853. The van der Waals surface area contributed by atoms with Crippen molar-refractivity contribution < 1.29 is 9.90 Å². The Labute approximate surface area is 161 Å². The summed E-state index contributed by atoms with van der Waals surface area (Å²) in [5.41, 5.74) is 2.25. The van der Waals surface area contributed by atoms with Gasteiger partial charge < -0.3 is 15.3 Å². The normalized spacial score (nSPS) is 26.0. The first-order chi connectivity index (χ1) is 12.9. The monoisotopic (exact) mass is 372 g/mol. The van der Waals surface area contributed by atoms with E-state index in [1.54, 1.807) is 0 Å². The maximum Gasteiger partial charge on any atom is 0.225 e. The molecule has 0 bridgehead atoms. The number of nitrogens with zero attached hydrogens (tertiary/aromatic N) is 3. The van der Waals surface area contributed by atoms with Gasteiger partial charge in [-0.05, 0) is 43.9 Å². The Hall–Kier alpha value is -1.69. The highest BCUT2D eigenvalue weighted by Crippen LogP contribution is 2.40. The molecule has 1 atom stereocenters. The molecule has 1 aliphatic heterocycles. The fourth-order valence-electron chi connectivity index (χ4n) is 4.86. The zero-order chi connectivity index (χ0) is 19.0. The van der Waals surface area contributed by atoms with Gasteiger partial charge in [-0.3, -0.25) is 4.79 Å². The summed E-state index contributed by atoms with van der Waals surface area (Å²) in [6.45, 7) is 6.10. The second-order valence-corrected chi connectivity index (χ2v) is 9.38. The van der Waals surface area contributed by atoms with Crippen LogP contribution in [0.1, 0.15) is 76.1 Å². The number of amides is 1. The topological polar surface area (TPSA) is 78.3 Å². The SMILES string of the molecule is CC1(C)Cc2nc(N3CCC(O)CC3)ncc2C(NC(=O)C2CCCC2)C1. The largest absolute Gasteiger partial charge is 0.393 e. The number of hydrogen-bond acceptors (Lipinski definition) is 5. The summed E-state index contributed by atoms with van der Waals surface area (Å²) in [5.74, 6) is 1.15. The molecule has 6 heteroatoms. The van der Waals surface area contributed by atoms with Crippen LogP contribution >= 0.6 is 0 Å². The zero-order valence-electron chi connectivity index (χ0n) is 16.6. The van der Waals surface area contributed by atoms with Crippen molar-refractivity contribution in [3.8, 4) is 0 Å². The van der Waals surface area contributed by atoms with Gasteiger partial charge in [-0.2, -0.15) is 0 Å². The van der Waals surface area contributed by atoms with Crippen molar-refractivity contribution in [3.63, 3.8) is 0 Å². The molecule has 4 rings (SSSR count). The Morgan fingerprint density at radius 1 is 1.22 bits per heavy atom. The lowest BCUT2D eigenvalue weighted by Gasteiger charge is -2.37. The zero-order valence-corrected chi connectivity index (χ0v) is 16.6. The van der Waals surface area contributed by atoms with E-state index in [2.05, 4.69) is 29.0 Å². The molecule has 1 amide bonds. The lowest BCUT2D eigenvalue weighted by molar-refractivity contribution is -0.125. The molecule has 1 saturated carbocycles. The number of aliphatic hydroxyl groups is 1. The Kier molecular flexibility index (Phi) is 5.10. The molecule has 0 radical (unpaired) electrons. The number of fused-ring (bicyclic) bond motifs is 1. The van der Waals surface area contributed by atoms with Gasteiger partial charge >= 0.3 is 0 Å². The van der Waals surface area contributed by atoms with E-state index in [4.69, 9.17) is 4.98 Å². The molecule has 27 heavy (non-hydrogen) atoms. The highest BCUT2D eigenvalue weighted by molar-refractivity contribution is 5.79. The van der Waals surface area contributed by atoms with Crippen LogP contribution in [-0.2, 0) is 11.2 Å². The average Bonchev–Trinajstić information content (AvgIpc) is 3.15. The van der Waals surface area contributed by atoms with Gasteiger partial charge in [0, 0.05) is 30.8 Å². The Bertz CT molecular complexity index is 691. The predicted molar refractivity (Wildman–Crippen MR) is 104 cm³/mol. The predicted octanol–water partition coefficient (Wildman–Crippen LogP) is 2.76. The van der Waals surface area contributed by atoms with Crippen molar-refractivity contribution in [1.29, 1.82) is 0 Å². The molecule has 2 heterocycles. The first-order valence-electron chi connectivity index (χ1n) is 10.5. The highest BCUT2D eigenvalue weighted by atomic mass is 16.3. The van der Waals surface area contributed by atoms with Gasteiger partial charge in [-0.25, -0.2) is 9.97 Å². The fraction of sp³-hybridized carbons (Fsp3) is 0.762. The minimum absolute atomic E-state index is 0.00841. The third kappa shape index (κ3) is 4.10. The summed E-state index contributed by atoms with van der Waals surface area (Å²) in [5, 5.41) is 13.0. The maximum absolute atomic E-state index is 12.7. The lowest BCUT2D eigenvalue weighted by Crippen LogP contribution is -2.40.